The average Bonchev–Trinajstić information content (AvgIpc) is 3.65. The smallest absolute Gasteiger partial charge is 0.267 e. The summed E-state index contributed by atoms with van der Waals surface area (Å²) in [6.45, 7) is 3.16. The van der Waals surface area contributed by atoms with E-state index in [0.29, 0.717) is 21.0 Å². The number of aromatic nitrogens is 1. The van der Waals surface area contributed by atoms with Gasteiger partial charge in [-0.2, -0.15) is 0 Å². The molecule has 2 heterocycles. The first-order chi connectivity index (χ1) is 29.2. The van der Waals surface area contributed by atoms with Gasteiger partial charge >= 0.3 is 0 Å². The van der Waals surface area contributed by atoms with Crippen molar-refractivity contribution in [2.24, 2.45) is 16.5 Å². The third-order valence-electron chi connectivity index (χ3n) is 10.4. The number of aromatic amines is 1. The van der Waals surface area contributed by atoms with Crippen LogP contribution < -0.4 is 32.7 Å². The van der Waals surface area contributed by atoms with Gasteiger partial charge in [0.2, 0.25) is 23.6 Å². The fourth-order valence-corrected chi connectivity index (χ4v) is 8.72. The van der Waals surface area contributed by atoms with Crippen LogP contribution in [0.2, 0.25) is 0 Å². The highest BCUT2D eigenvalue weighted by Gasteiger charge is 2.44. The van der Waals surface area contributed by atoms with Gasteiger partial charge in [0, 0.05) is 36.5 Å². The number of sulfonamides is 1. The number of nitrogens with zero attached hydrogens (tertiary/aromatic N) is 2. The van der Waals surface area contributed by atoms with Crippen molar-refractivity contribution in [2.45, 2.75) is 74.6 Å². The molecule has 0 aliphatic carbocycles. The number of hydrogen-bond donors (Lipinski definition) is 7. The number of aliphatic imine (C=N–C) groups is 1. The molecule has 61 heavy (non-hydrogen) atoms. The Balaban J connectivity index is 1.51. The summed E-state index contributed by atoms with van der Waals surface area (Å²) in [4.78, 5) is 79.8. The van der Waals surface area contributed by atoms with E-state index in [0.717, 1.165) is 16.5 Å². The number of nitrogens with one attached hydrogen (secondary N) is 5. The molecule has 4 aromatic carbocycles. The maximum atomic E-state index is 15.2. The van der Waals surface area contributed by atoms with Gasteiger partial charge in [0.1, 0.15) is 30.2 Å². The summed E-state index contributed by atoms with van der Waals surface area (Å²) in [7, 11) is -4.87. The van der Waals surface area contributed by atoms with Gasteiger partial charge in [-0.25, -0.2) is 12.7 Å². The lowest BCUT2D eigenvalue weighted by atomic mass is 10.0. The number of carbonyl (C=O) groups is 5. The summed E-state index contributed by atoms with van der Waals surface area (Å²) in [6.07, 6.45) is 1.31. The quantitative estimate of drug-likeness (QED) is 0.0584. The van der Waals surface area contributed by atoms with Crippen molar-refractivity contribution in [2.75, 3.05) is 6.54 Å². The van der Waals surface area contributed by atoms with E-state index in [1.54, 1.807) is 85.9 Å². The zero-order chi connectivity index (χ0) is 43.7. The highest BCUT2D eigenvalue weighted by molar-refractivity contribution is 7.89. The van der Waals surface area contributed by atoms with Crippen molar-refractivity contribution >= 4 is 56.4 Å². The Hall–Kier alpha value is -7.01. The summed E-state index contributed by atoms with van der Waals surface area (Å²) in [5.74, 6) is -4.71. The van der Waals surface area contributed by atoms with E-state index in [9.17, 15) is 27.6 Å². The number of aryl methyl sites for hydroxylation is 1. The van der Waals surface area contributed by atoms with Crippen molar-refractivity contribution < 1.29 is 32.4 Å². The number of amides is 5. The van der Waals surface area contributed by atoms with Crippen LogP contribution in [0.25, 0.3) is 10.9 Å². The molecule has 1 aliphatic heterocycles. The van der Waals surface area contributed by atoms with Gasteiger partial charge in [0.15, 0.2) is 5.96 Å². The van der Waals surface area contributed by atoms with Crippen LogP contribution in [0.5, 0.6) is 0 Å². The van der Waals surface area contributed by atoms with Crippen LogP contribution in [0.15, 0.2) is 125 Å². The zero-order valence-electron chi connectivity index (χ0n) is 33.7. The number of rotatable bonds is 11. The molecule has 0 unspecified atom stereocenters. The minimum atomic E-state index is -4.87. The molecule has 5 aromatic rings. The van der Waals surface area contributed by atoms with E-state index in [-0.39, 0.29) is 43.1 Å². The van der Waals surface area contributed by atoms with Crippen LogP contribution >= 0.6 is 0 Å². The molecule has 5 atom stereocenters. The number of hydrogen-bond acceptors (Lipinski definition) is 8. The van der Waals surface area contributed by atoms with Crippen LogP contribution in [-0.4, -0.2) is 83.9 Å². The predicted octanol–water partition coefficient (Wildman–Crippen LogP) is 2.25. The molecule has 1 saturated heterocycles. The van der Waals surface area contributed by atoms with E-state index in [4.69, 9.17) is 11.5 Å². The SMILES string of the molecule is Cc1ccc(S(=O)(=O)N2C(=O)[C@@H](CCCN=C(N)N)NC(=O)[C@H](c3ccccc3)NC(=O)[C@@H](Cc3c[nH]c4ccccc34)NC(=O)[C@@H](C)NC(=O)[C@@H]2Cc2ccccc2)cc1. The lowest BCUT2D eigenvalue weighted by molar-refractivity contribution is -0.139. The third kappa shape index (κ3) is 10.6. The Morgan fingerprint density at radius 1 is 0.705 bits per heavy atom. The van der Waals surface area contributed by atoms with Crippen molar-refractivity contribution in [3.63, 3.8) is 0 Å². The van der Waals surface area contributed by atoms with Gasteiger partial charge in [-0.05, 0) is 61.6 Å². The van der Waals surface area contributed by atoms with Gasteiger partial charge in [-0.15, -0.1) is 0 Å². The maximum Gasteiger partial charge on any atom is 0.267 e. The molecule has 318 valence electrons. The monoisotopic (exact) mass is 847 g/mol. The number of fused-ring (bicyclic) bond motifs is 1. The first-order valence-electron chi connectivity index (χ1n) is 19.8. The molecule has 16 nitrogen and oxygen atoms in total. The fraction of sp³-hybridized carbons (Fsp3) is 0.273. The number of H-pyrrole nitrogens is 1. The zero-order valence-corrected chi connectivity index (χ0v) is 34.5. The lowest BCUT2D eigenvalue weighted by Crippen LogP contribution is -2.60. The molecule has 0 bridgehead atoms. The number of nitrogens with two attached hydrogens (primary N) is 2. The van der Waals surface area contributed by atoms with Crippen molar-refractivity contribution in [3.05, 3.63) is 138 Å². The summed E-state index contributed by atoms with van der Waals surface area (Å²) in [6, 6.07) is 22.5. The Morgan fingerprint density at radius 2 is 1.34 bits per heavy atom. The normalized spacial score (nSPS) is 20.7. The molecular weight excluding hydrogens is 799 g/mol. The first kappa shape index (κ1) is 43.6. The van der Waals surface area contributed by atoms with Crippen LogP contribution in [0.4, 0.5) is 0 Å². The molecule has 6 rings (SSSR count). The lowest BCUT2D eigenvalue weighted by Gasteiger charge is -2.34. The molecule has 0 radical (unpaired) electrons. The summed E-state index contributed by atoms with van der Waals surface area (Å²) < 4.78 is 30.2. The standard InChI is InChI=1S/C44H49N9O7S/c1-27-19-21-32(22-20-27)61(59,60)53-37(24-29-12-5-3-6-13-29)41(56)49-28(2)39(54)51-36(25-31-26-48-34-17-10-9-16-33(31)34)40(55)52-38(30-14-7-4-8-15-30)42(57)50-35(43(53)58)18-11-23-47-44(45)46/h3-10,12-17,19-22,26,28,35-38,48H,11,18,23-25H2,1-2H3,(H,49,56)(H,50,57)(H,51,54)(H,52,55)(H4,45,46,47)/t28-,35-,36-,37+,38+/m1/s1. The minimum Gasteiger partial charge on any atom is -0.370 e. The molecule has 1 aliphatic rings. The van der Waals surface area contributed by atoms with Crippen LogP contribution in [-0.2, 0) is 46.8 Å². The van der Waals surface area contributed by atoms with E-state index in [2.05, 4.69) is 31.2 Å². The summed E-state index contributed by atoms with van der Waals surface area (Å²) in [5, 5.41) is 11.7. The maximum absolute atomic E-state index is 15.2. The Labute approximate surface area is 353 Å². The van der Waals surface area contributed by atoms with E-state index >= 15 is 4.79 Å². The van der Waals surface area contributed by atoms with Crippen molar-refractivity contribution in [1.29, 1.82) is 0 Å². The van der Waals surface area contributed by atoms with Gasteiger partial charge in [0.25, 0.3) is 15.9 Å². The van der Waals surface area contributed by atoms with Crippen molar-refractivity contribution in [3.8, 4) is 0 Å². The molecule has 5 amide bonds. The Morgan fingerprint density at radius 3 is 2.03 bits per heavy atom. The summed E-state index contributed by atoms with van der Waals surface area (Å²) >= 11 is 0. The van der Waals surface area contributed by atoms with Crippen LogP contribution in [0.1, 0.15) is 48.1 Å². The Bertz CT molecular complexity index is 2510. The third-order valence-corrected chi connectivity index (χ3v) is 12.2. The van der Waals surface area contributed by atoms with Gasteiger partial charge in [-0.1, -0.05) is 96.6 Å². The number of benzene rings is 4. The van der Waals surface area contributed by atoms with Gasteiger partial charge in [0.05, 0.1) is 4.90 Å². The summed E-state index contributed by atoms with van der Waals surface area (Å²) in [5.41, 5.74) is 14.2. The van der Waals surface area contributed by atoms with Crippen LogP contribution in [0.3, 0.4) is 0 Å². The average molecular weight is 848 g/mol. The van der Waals surface area contributed by atoms with E-state index in [1.807, 2.05) is 24.3 Å². The first-order valence-corrected chi connectivity index (χ1v) is 21.2. The Kier molecular flexibility index (Phi) is 13.8. The second-order valence-electron chi connectivity index (χ2n) is 14.9. The topological polar surface area (TPSA) is 251 Å². The number of para-hydroxylation sites is 1. The molecule has 1 fully saturated rings. The van der Waals surface area contributed by atoms with Crippen molar-refractivity contribution in [1.82, 2.24) is 30.6 Å². The molecular formula is C44H49N9O7S. The minimum absolute atomic E-state index is 0.0142. The van der Waals surface area contributed by atoms with Gasteiger partial charge in [-0.3, -0.25) is 29.0 Å². The largest absolute Gasteiger partial charge is 0.370 e. The second-order valence-corrected chi connectivity index (χ2v) is 16.7. The van der Waals surface area contributed by atoms with Gasteiger partial charge < -0.3 is 37.7 Å². The molecule has 0 spiro atoms. The molecule has 9 N–H and O–H groups in total. The fourth-order valence-electron chi connectivity index (χ4n) is 7.14. The van der Waals surface area contributed by atoms with E-state index < -0.39 is 69.8 Å². The number of guanidine groups is 1. The molecule has 0 saturated carbocycles. The predicted molar refractivity (Wildman–Crippen MR) is 230 cm³/mol. The van der Waals surface area contributed by atoms with E-state index in [1.165, 1.54) is 19.1 Å². The number of carbonyl (C=O) groups excluding carboxylic acids is 5. The molecule has 17 heteroatoms. The molecule has 1 aromatic heterocycles. The second kappa shape index (κ2) is 19.4. The highest BCUT2D eigenvalue weighted by atomic mass is 32.2. The van der Waals surface area contributed by atoms with Crippen LogP contribution in [0, 0.1) is 6.92 Å². The highest BCUT2D eigenvalue weighted by Crippen LogP contribution is 2.26.